The first kappa shape index (κ1) is 21.8. The molecule has 0 unspecified atom stereocenters. The van der Waals surface area contributed by atoms with Crippen LogP contribution in [0.2, 0.25) is 0 Å². The lowest BCUT2D eigenvalue weighted by Gasteiger charge is -2.20. The minimum absolute atomic E-state index is 0.0370. The highest BCUT2D eigenvalue weighted by molar-refractivity contribution is 7.80. The minimum atomic E-state index is -0.213. The summed E-state index contributed by atoms with van der Waals surface area (Å²) < 4.78 is 5.12. The lowest BCUT2D eigenvalue weighted by atomic mass is 10.1. The van der Waals surface area contributed by atoms with E-state index in [1.807, 2.05) is 47.4 Å². The molecule has 7 heteroatoms. The number of amides is 2. The zero-order valence-electron chi connectivity index (χ0n) is 17.1. The van der Waals surface area contributed by atoms with Crippen molar-refractivity contribution in [3.8, 4) is 5.75 Å². The van der Waals surface area contributed by atoms with Crippen molar-refractivity contribution in [3.05, 3.63) is 59.7 Å². The van der Waals surface area contributed by atoms with E-state index in [-0.39, 0.29) is 23.3 Å². The number of hydrogen-bond donors (Lipinski definition) is 2. The Morgan fingerprint density at radius 1 is 1.03 bits per heavy atom. The number of carbonyl (C=O) groups is 2. The summed E-state index contributed by atoms with van der Waals surface area (Å²) in [6, 6.07) is 14.5. The summed E-state index contributed by atoms with van der Waals surface area (Å²) in [5, 5.41) is 5.88. The van der Waals surface area contributed by atoms with Gasteiger partial charge in [-0.15, -0.1) is 0 Å². The predicted molar refractivity (Wildman–Crippen MR) is 122 cm³/mol. The Labute approximate surface area is 182 Å². The molecule has 3 rings (SSSR count). The minimum Gasteiger partial charge on any atom is -0.497 e. The number of likely N-dealkylation sites (tertiary alicyclic amines) is 1. The number of rotatable bonds is 5. The number of ether oxygens (including phenoxy) is 1. The Morgan fingerprint density at radius 2 is 1.73 bits per heavy atom. The molecule has 2 N–H and O–H groups in total. The second-order valence-electron chi connectivity index (χ2n) is 7.31. The summed E-state index contributed by atoms with van der Waals surface area (Å²) in [6.07, 6.45) is 4.66. The van der Waals surface area contributed by atoms with E-state index in [1.165, 1.54) is 12.8 Å². The van der Waals surface area contributed by atoms with Gasteiger partial charge in [-0.3, -0.25) is 9.59 Å². The fourth-order valence-corrected chi connectivity index (χ4v) is 3.68. The third-order valence-electron chi connectivity index (χ3n) is 5.04. The second kappa shape index (κ2) is 10.7. The van der Waals surface area contributed by atoms with Gasteiger partial charge in [0.2, 0.25) is 5.91 Å². The standard InChI is InChI=1S/C23H27N3O3S/c1-29-20-11-9-17(10-12-20)15-21(27)25-23(30)24-19-8-6-7-18(16-19)22(28)26-13-4-2-3-5-14-26/h6-12,16H,2-5,13-15H2,1H3,(H2,24,25,27,30). The van der Waals surface area contributed by atoms with Gasteiger partial charge in [-0.1, -0.05) is 31.0 Å². The van der Waals surface area contributed by atoms with Crippen LogP contribution in [0.3, 0.4) is 0 Å². The molecule has 1 fully saturated rings. The van der Waals surface area contributed by atoms with E-state index in [9.17, 15) is 9.59 Å². The highest BCUT2D eigenvalue weighted by Gasteiger charge is 2.17. The summed E-state index contributed by atoms with van der Waals surface area (Å²) in [6.45, 7) is 1.60. The number of thiocarbonyl (C=S) groups is 1. The molecule has 1 saturated heterocycles. The van der Waals surface area contributed by atoms with Crippen molar-refractivity contribution >= 4 is 34.8 Å². The van der Waals surface area contributed by atoms with E-state index in [2.05, 4.69) is 10.6 Å². The normalized spacial score (nSPS) is 13.8. The van der Waals surface area contributed by atoms with Crippen LogP contribution in [-0.2, 0) is 11.2 Å². The van der Waals surface area contributed by atoms with Crippen molar-refractivity contribution in [3.63, 3.8) is 0 Å². The van der Waals surface area contributed by atoms with Gasteiger partial charge < -0.3 is 20.3 Å². The molecule has 30 heavy (non-hydrogen) atoms. The average molecular weight is 426 g/mol. The number of hydrogen-bond acceptors (Lipinski definition) is 4. The molecule has 0 radical (unpaired) electrons. The van der Waals surface area contributed by atoms with Crippen LogP contribution in [0.1, 0.15) is 41.6 Å². The van der Waals surface area contributed by atoms with Gasteiger partial charge in [0.25, 0.3) is 5.91 Å². The topological polar surface area (TPSA) is 70.7 Å². The van der Waals surface area contributed by atoms with Crippen LogP contribution in [0.4, 0.5) is 5.69 Å². The van der Waals surface area contributed by atoms with Crippen molar-refractivity contribution in [2.45, 2.75) is 32.1 Å². The van der Waals surface area contributed by atoms with E-state index >= 15 is 0 Å². The van der Waals surface area contributed by atoms with Gasteiger partial charge in [0.15, 0.2) is 5.11 Å². The molecule has 1 heterocycles. The lowest BCUT2D eigenvalue weighted by molar-refractivity contribution is -0.119. The summed E-state index contributed by atoms with van der Waals surface area (Å²) in [7, 11) is 1.60. The molecule has 2 amide bonds. The Kier molecular flexibility index (Phi) is 7.79. The van der Waals surface area contributed by atoms with Gasteiger partial charge in [-0.25, -0.2) is 0 Å². The lowest BCUT2D eigenvalue weighted by Crippen LogP contribution is -2.35. The fraction of sp³-hybridized carbons (Fsp3) is 0.348. The molecule has 0 bridgehead atoms. The molecule has 1 aliphatic heterocycles. The molecule has 158 valence electrons. The van der Waals surface area contributed by atoms with Crippen LogP contribution in [0.25, 0.3) is 0 Å². The van der Waals surface area contributed by atoms with Crippen LogP contribution < -0.4 is 15.4 Å². The van der Waals surface area contributed by atoms with E-state index in [0.717, 1.165) is 37.2 Å². The van der Waals surface area contributed by atoms with Crippen molar-refractivity contribution in [2.75, 3.05) is 25.5 Å². The third-order valence-corrected chi connectivity index (χ3v) is 5.24. The summed E-state index contributed by atoms with van der Waals surface area (Å²) in [5.74, 6) is 0.565. The maximum absolute atomic E-state index is 12.8. The molecule has 0 aliphatic carbocycles. The van der Waals surface area contributed by atoms with Gasteiger partial charge >= 0.3 is 0 Å². The van der Waals surface area contributed by atoms with Gasteiger partial charge in [0.1, 0.15) is 5.75 Å². The van der Waals surface area contributed by atoms with E-state index in [1.54, 1.807) is 13.2 Å². The molecule has 1 aliphatic rings. The van der Waals surface area contributed by atoms with E-state index < -0.39 is 0 Å². The van der Waals surface area contributed by atoms with E-state index in [4.69, 9.17) is 17.0 Å². The van der Waals surface area contributed by atoms with Gasteiger partial charge in [-0.2, -0.15) is 0 Å². The second-order valence-corrected chi connectivity index (χ2v) is 7.72. The Bertz CT molecular complexity index is 891. The van der Waals surface area contributed by atoms with Crippen LogP contribution in [0.15, 0.2) is 48.5 Å². The third kappa shape index (κ3) is 6.29. The van der Waals surface area contributed by atoms with Crippen molar-refractivity contribution in [2.24, 2.45) is 0 Å². The molecule has 0 aromatic heterocycles. The predicted octanol–water partition coefficient (Wildman–Crippen LogP) is 3.77. The number of anilines is 1. The van der Waals surface area contributed by atoms with Crippen LogP contribution in [-0.4, -0.2) is 42.0 Å². The maximum atomic E-state index is 12.8. The quantitative estimate of drug-likeness (QED) is 0.714. The number of carbonyl (C=O) groups excluding carboxylic acids is 2. The Hall–Kier alpha value is -2.93. The zero-order chi connectivity index (χ0) is 21.3. The molecule has 0 spiro atoms. The first-order valence-corrected chi connectivity index (χ1v) is 10.6. The van der Waals surface area contributed by atoms with Gasteiger partial charge in [-0.05, 0) is 61.0 Å². The Balaban J connectivity index is 1.54. The number of nitrogens with one attached hydrogen (secondary N) is 2. The van der Waals surface area contributed by atoms with E-state index in [0.29, 0.717) is 11.3 Å². The molecular formula is C23H27N3O3S. The average Bonchev–Trinajstić information content (AvgIpc) is 3.03. The largest absolute Gasteiger partial charge is 0.497 e. The van der Waals surface area contributed by atoms with Crippen LogP contribution in [0.5, 0.6) is 5.75 Å². The SMILES string of the molecule is COc1ccc(CC(=O)NC(=S)Nc2cccc(C(=O)N3CCCCCC3)c2)cc1. The zero-order valence-corrected chi connectivity index (χ0v) is 18.0. The monoisotopic (exact) mass is 425 g/mol. The van der Waals surface area contributed by atoms with Crippen molar-refractivity contribution in [1.82, 2.24) is 10.2 Å². The number of benzene rings is 2. The van der Waals surface area contributed by atoms with Gasteiger partial charge in [0.05, 0.1) is 13.5 Å². The first-order valence-electron chi connectivity index (χ1n) is 10.2. The smallest absolute Gasteiger partial charge is 0.253 e. The van der Waals surface area contributed by atoms with Crippen molar-refractivity contribution in [1.29, 1.82) is 0 Å². The first-order chi connectivity index (χ1) is 14.5. The number of methoxy groups -OCH3 is 1. The molecule has 0 saturated carbocycles. The fourth-order valence-electron chi connectivity index (χ4n) is 3.45. The van der Waals surface area contributed by atoms with Crippen LogP contribution >= 0.6 is 12.2 Å². The summed E-state index contributed by atoms with van der Waals surface area (Å²) >= 11 is 5.26. The highest BCUT2D eigenvalue weighted by Crippen LogP contribution is 2.16. The highest BCUT2D eigenvalue weighted by atomic mass is 32.1. The van der Waals surface area contributed by atoms with Crippen molar-refractivity contribution < 1.29 is 14.3 Å². The summed E-state index contributed by atoms with van der Waals surface area (Å²) in [5.41, 5.74) is 2.15. The molecule has 2 aromatic carbocycles. The summed E-state index contributed by atoms with van der Waals surface area (Å²) in [4.78, 5) is 27.0. The van der Waals surface area contributed by atoms with Crippen LogP contribution in [0, 0.1) is 0 Å². The molecule has 2 aromatic rings. The molecular weight excluding hydrogens is 398 g/mol. The maximum Gasteiger partial charge on any atom is 0.253 e. The molecule has 0 atom stereocenters. The Morgan fingerprint density at radius 3 is 2.40 bits per heavy atom. The van der Waals surface area contributed by atoms with Gasteiger partial charge in [0, 0.05) is 24.3 Å². The number of nitrogens with zero attached hydrogens (tertiary/aromatic N) is 1. The molecule has 6 nitrogen and oxygen atoms in total.